The van der Waals surface area contributed by atoms with Gasteiger partial charge in [0.05, 0.1) is 11.6 Å². The topological polar surface area (TPSA) is 62.2 Å². The molecule has 0 aliphatic heterocycles. The molecule has 0 aliphatic carbocycles. The summed E-state index contributed by atoms with van der Waals surface area (Å²) in [5.41, 5.74) is -0.150. The van der Waals surface area contributed by atoms with E-state index in [4.69, 9.17) is 0 Å². The van der Waals surface area contributed by atoms with Gasteiger partial charge in [0.2, 0.25) is 0 Å². The number of carbonyl (C=O) groups is 1. The summed E-state index contributed by atoms with van der Waals surface area (Å²) < 4.78 is 0.606. The van der Waals surface area contributed by atoms with E-state index in [1.807, 2.05) is 0 Å². The van der Waals surface area contributed by atoms with E-state index in [9.17, 15) is 9.90 Å². The Kier molecular flexibility index (Phi) is 4.04. The molecule has 0 aliphatic rings. The van der Waals surface area contributed by atoms with Crippen LogP contribution >= 0.6 is 15.9 Å². The van der Waals surface area contributed by atoms with Gasteiger partial charge in [-0.3, -0.25) is 4.79 Å². The van der Waals surface area contributed by atoms with Crippen LogP contribution in [-0.4, -0.2) is 27.6 Å². The number of halogens is 1. The Balaban J connectivity index is 2.81. The number of nitrogens with one attached hydrogen (secondary N) is 1. The maximum Gasteiger partial charge on any atom is 0.251 e. The summed E-state index contributed by atoms with van der Waals surface area (Å²) in [6, 6.07) is 3.26. The van der Waals surface area contributed by atoms with Gasteiger partial charge in [-0.05, 0) is 48.8 Å². The summed E-state index contributed by atoms with van der Waals surface area (Å²) in [4.78, 5) is 15.8. The number of rotatable bonds is 3. The molecule has 0 radical (unpaired) electrons. The zero-order chi connectivity index (χ0) is 12.3. The van der Waals surface area contributed by atoms with Crippen LogP contribution < -0.4 is 5.32 Å². The molecule has 0 bridgehead atoms. The van der Waals surface area contributed by atoms with Crippen molar-refractivity contribution in [1.82, 2.24) is 10.3 Å². The highest BCUT2D eigenvalue weighted by molar-refractivity contribution is 9.10. The highest BCUT2D eigenvalue weighted by Crippen LogP contribution is 2.12. The predicted molar refractivity (Wildman–Crippen MR) is 65.2 cm³/mol. The summed E-state index contributed by atoms with van der Waals surface area (Å²) in [7, 11) is 0. The van der Waals surface area contributed by atoms with Crippen molar-refractivity contribution >= 4 is 21.8 Å². The first kappa shape index (κ1) is 13.1. The van der Waals surface area contributed by atoms with Gasteiger partial charge in [-0.15, -0.1) is 0 Å². The number of hydrogen-bond donors (Lipinski definition) is 2. The average molecular weight is 287 g/mol. The van der Waals surface area contributed by atoms with E-state index in [-0.39, 0.29) is 5.91 Å². The molecule has 0 fully saturated rings. The highest BCUT2D eigenvalue weighted by atomic mass is 79.9. The second-order valence-corrected chi connectivity index (χ2v) is 5.03. The summed E-state index contributed by atoms with van der Waals surface area (Å²) in [5.74, 6) is -0.228. The summed E-state index contributed by atoms with van der Waals surface area (Å²) in [6.07, 6.45) is 0.927. The van der Waals surface area contributed by atoms with Crippen LogP contribution in [0.4, 0.5) is 0 Å². The molecule has 0 spiro atoms. The molecule has 0 saturated carbocycles. The number of amides is 1. The number of nitrogens with zero attached hydrogens (tertiary/aromatic N) is 1. The van der Waals surface area contributed by atoms with Crippen molar-refractivity contribution in [1.29, 1.82) is 0 Å². The van der Waals surface area contributed by atoms with Crippen LogP contribution in [0.1, 0.15) is 31.1 Å². The van der Waals surface area contributed by atoms with Crippen LogP contribution in [0.2, 0.25) is 0 Å². The van der Waals surface area contributed by atoms with E-state index in [0.29, 0.717) is 10.2 Å². The van der Waals surface area contributed by atoms with Gasteiger partial charge in [0, 0.05) is 11.8 Å². The molecule has 1 atom stereocenters. The standard InChI is InChI=1S/C11H15BrN2O2/c1-7(15)11(2,3)14-10(16)8-4-5-13-9(12)6-8/h4-7,15H,1-3H3,(H,14,16). The summed E-state index contributed by atoms with van der Waals surface area (Å²) in [5, 5.41) is 12.3. The van der Waals surface area contributed by atoms with Crippen LogP contribution in [0.15, 0.2) is 22.9 Å². The molecule has 0 saturated heterocycles. The third-order valence-electron chi connectivity index (χ3n) is 2.47. The quantitative estimate of drug-likeness (QED) is 0.832. The Bertz CT molecular complexity index is 391. The van der Waals surface area contributed by atoms with E-state index >= 15 is 0 Å². The van der Waals surface area contributed by atoms with Gasteiger partial charge in [-0.25, -0.2) is 4.98 Å². The fourth-order valence-electron chi connectivity index (χ4n) is 1.01. The second-order valence-electron chi connectivity index (χ2n) is 4.22. The largest absolute Gasteiger partial charge is 0.391 e. The predicted octanol–water partition coefficient (Wildman–Crippen LogP) is 1.73. The summed E-state index contributed by atoms with van der Waals surface area (Å²) >= 11 is 3.20. The molecular formula is C11H15BrN2O2. The molecule has 4 nitrogen and oxygen atoms in total. The Labute approximate surface area is 103 Å². The third-order valence-corrected chi connectivity index (χ3v) is 2.90. The smallest absolute Gasteiger partial charge is 0.251 e. The molecule has 16 heavy (non-hydrogen) atoms. The molecule has 0 aromatic carbocycles. The van der Waals surface area contributed by atoms with Crippen molar-refractivity contribution < 1.29 is 9.90 Å². The summed E-state index contributed by atoms with van der Waals surface area (Å²) in [6.45, 7) is 5.18. The number of aliphatic hydroxyl groups is 1. The number of carbonyl (C=O) groups excluding carboxylic acids is 1. The lowest BCUT2D eigenvalue weighted by Crippen LogP contribution is -2.50. The van der Waals surface area contributed by atoms with Crippen molar-refractivity contribution in [3.8, 4) is 0 Å². The van der Waals surface area contributed by atoms with Gasteiger partial charge in [0.1, 0.15) is 4.60 Å². The van der Waals surface area contributed by atoms with Gasteiger partial charge in [0.25, 0.3) is 5.91 Å². The zero-order valence-electron chi connectivity index (χ0n) is 9.49. The van der Waals surface area contributed by atoms with E-state index in [1.165, 1.54) is 0 Å². The number of hydrogen-bond acceptors (Lipinski definition) is 3. The van der Waals surface area contributed by atoms with Crippen molar-refractivity contribution in [2.45, 2.75) is 32.4 Å². The Morgan fingerprint density at radius 1 is 1.62 bits per heavy atom. The van der Waals surface area contributed by atoms with E-state index in [0.717, 1.165) is 0 Å². The van der Waals surface area contributed by atoms with Gasteiger partial charge in [-0.1, -0.05) is 0 Å². The van der Waals surface area contributed by atoms with E-state index in [2.05, 4.69) is 26.2 Å². The lowest BCUT2D eigenvalue weighted by molar-refractivity contribution is 0.0709. The molecule has 1 aromatic heterocycles. The molecular weight excluding hydrogens is 272 g/mol. The molecule has 88 valence electrons. The molecule has 1 rings (SSSR count). The maximum atomic E-state index is 11.8. The first-order valence-electron chi connectivity index (χ1n) is 4.95. The molecule has 1 unspecified atom stereocenters. The Morgan fingerprint density at radius 3 is 2.75 bits per heavy atom. The molecule has 1 aromatic rings. The van der Waals surface area contributed by atoms with Crippen molar-refractivity contribution in [3.63, 3.8) is 0 Å². The fourth-order valence-corrected chi connectivity index (χ4v) is 1.38. The zero-order valence-corrected chi connectivity index (χ0v) is 11.1. The van der Waals surface area contributed by atoms with Crippen LogP contribution in [0.3, 0.4) is 0 Å². The SMILES string of the molecule is CC(O)C(C)(C)NC(=O)c1ccnc(Br)c1. The van der Waals surface area contributed by atoms with Gasteiger partial charge < -0.3 is 10.4 Å². The monoisotopic (exact) mass is 286 g/mol. The lowest BCUT2D eigenvalue weighted by Gasteiger charge is -2.29. The molecule has 1 heterocycles. The van der Waals surface area contributed by atoms with Gasteiger partial charge in [0.15, 0.2) is 0 Å². The minimum Gasteiger partial charge on any atom is -0.391 e. The van der Waals surface area contributed by atoms with Crippen LogP contribution in [0.5, 0.6) is 0 Å². The van der Waals surface area contributed by atoms with Crippen LogP contribution in [0, 0.1) is 0 Å². The Morgan fingerprint density at radius 2 is 2.25 bits per heavy atom. The van der Waals surface area contributed by atoms with Crippen molar-refractivity contribution in [3.05, 3.63) is 28.5 Å². The third kappa shape index (κ3) is 3.28. The molecule has 2 N–H and O–H groups in total. The van der Waals surface area contributed by atoms with Crippen molar-refractivity contribution in [2.75, 3.05) is 0 Å². The molecule has 5 heteroatoms. The number of aliphatic hydroxyl groups excluding tert-OH is 1. The fraction of sp³-hybridized carbons (Fsp3) is 0.455. The number of aromatic nitrogens is 1. The minimum absolute atomic E-state index is 0.228. The molecule has 1 amide bonds. The van der Waals surface area contributed by atoms with E-state index in [1.54, 1.807) is 39.1 Å². The highest BCUT2D eigenvalue weighted by Gasteiger charge is 2.26. The minimum atomic E-state index is -0.660. The van der Waals surface area contributed by atoms with Gasteiger partial charge in [-0.2, -0.15) is 0 Å². The first-order valence-corrected chi connectivity index (χ1v) is 5.74. The number of pyridine rings is 1. The first-order chi connectivity index (χ1) is 7.33. The van der Waals surface area contributed by atoms with E-state index < -0.39 is 11.6 Å². The van der Waals surface area contributed by atoms with Crippen LogP contribution in [-0.2, 0) is 0 Å². The second kappa shape index (κ2) is 4.93. The maximum absolute atomic E-state index is 11.8. The Hall–Kier alpha value is -0.940. The van der Waals surface area contributed by atoms with Crippen molar-refractivity contribution in [2.24, 2.45) is 0 Å². The van der Waals surface area contributed by atoms with Gasteiger partial charge >= 0.3 is 0 Å². The van der Waals surface area contributed by atoms with Crippen LogP contribution in [0.25, 0.3) is 0 Å². The lowest BCUT2D eigenvalue weighted by atomic mass is 9.98. The average Bonchev–Trinajstić information content (AvgIpc) is 2.16. The normalized spacial score (nSPS) is 13.3.